The molecule has 1 heterocycles. The van der Waals surface area contributed by atoms with Gasteiger partial charge in [-0.3, -0.25) is 0 Å². The van der Waals surface area contributed by atoms with Crippen molar-refractivity contribution in [1.82, 2.24) is 10.3 Å². The van der Waals surface area contributed by atoms with Gasteiger partial charge in [-0.15, -0.1) is 0 Å². The maximum atomic E-state index is 6.15. The van der Waals surface area contributed by atoms with Crippen molar-refractivity contribution in [2.45, 2.75) is 19.5 Å². The van der Waals surface area contributed by atoms with Crippen LogP contribution in [0.4, 0.5) is 0 Å². The molecule has 2 aromatic rings. The van der Waals surface area contributed by atoms with Crippen LogP contribution in [-0.4, -0.2) is 4.98 Å². The number of hydrogen-bond donors (Lipinski definition) is 2. The number of benzene rings is 1. The number of H-pyrrole nitrogens is 1. The molecule has 0 aliphatic heterocycles. The first kappa shape index (κ1) is 12.5. The Labute approximate surface area is 111 Å². The van der Waals surface area contributed by atoms with E-state index in [1.54, 1.807) is 6.07 Å². The molecule has 0 aliphatic carbocycles. The fraction of sp³-hybridized carbons (Fsp3) is 0.231. The molecule has 4 heteroatoms. The summed E-state index contributed by atoms with van der Waals surface area (Å²) in [5.41, 5.74) is 2.21. The van der Waals surface area contributed by atoms with Gasteiger partial charge in [0.15, 0.2) is 0 Å². The predicted octanol–water partition coefficient (Wildman–Crippen LogP) is 4.17. The number of hydrogen-bond acceptors (Lipinski definition) is 1. The molecule has 1 unspecified atom stereocenters. The SMILES string of the molecule is CC(NCc1ccc[nH]1)c1ccc(Cl)cc1Cl. The van der Waals surface area contributed by atoms with Crippen molar-refractivity contribution >= 4 is 23.2 Å². The predicted molar refractivity (Wildman–Crippen MR) is 72.5 cm³/mol. The standard InChI is InChI=1S/C13H14Cl2N2/c1-9(17-8-11-3-2-6-16-11)12-5-4-10(14)7-13(12)15/h2-7,9,16-17H,8H2,1H3. The van der Waals surface area contributed by atoms with Crippen LogP contribution >= 0.6 is 23.2 Å². The van der Waals surface area contributed by atoms with Crippen LogP contribution in [0.25, 0.3) is 0 Å². The van der Waals surface area contributed by atoms with Gasteiger partial charge >= 0.3 is 0 Å². The van der Waals surface area contributed by atoms with Crippen molar-refractivity contribution in [2.24, 2.45) is 0 Å². The molecule has 2 nitrogen and oxygen atoms in total. The smallest absolute Gasteiger partial charge is 0.0468 e. The van der Waals surface area contributed by atoms with Crippen LogP contribution < -0.4 is 5.32 Å². The summed E-state index contributed by atoms with van der Waals surface area (Å²) in [6, 6.07) is 9.79. The molecule has 1 atom stereocenters. The van der Waals surface area contributed by atoms with Crippen molar-refractivity contribution < 1.29 is 0 Å². The normalized spacial score (nSPS) is 12.6. The second-order valence-corrected chi connectivity index (χ2v) is 4.81. The monoisotopic (exact) mass is 268 g/mol. The van der Waals surface area contributed by atoms with Crippen LogP contribution in [0.2, 0.25) is 10.0 Å². The number of aromatic amines is 1. The van der Waals surface area contributed by atoms with E-state index in [-0.39, 0.29) is 6.04 Å². The van der Waals surface area contributed by atoms with Gasteiger partial charge in [-0.2, -0.15) is 0 Å². The summed E-state index contributed by atoms with van der Waals surface area (Å²) in [5, 5.41) is 4.76. The topological polar surface area (TPSA) is 27.8 Å². The zero-order chi connectivity index (χ0) is 12.3. The van der Waals surface area contributed by atoms with Crippen LogP contribution in [0.1, 0.15) is 24.2 Å². The van der Waals surface area contributed by atoms with Crippen molar-refractivity contribution in [3.63, 3.8) is 0 Å². The molecule has 0 radical (unpaired) electrons. The zero-order valence-corrected chi connectivity index (χ0v) is 11.0. The summed E-state index contributed by atoms with van der Waals surface area (Å²) in [6.45, 7) is 2.87. The minimum Gasteiger partial charge on any atom is -0.364 e. The Morgan fingerprint density at radius 3 is 2.76 bits per heavy atom. The second-order valence-electron chi connectivity index (χ2n) is 3.96. The second kappa shape index (κ2) is 5.58. The van der Waals surface area contributed by atoms with Crippen LogP contribution in [0.3, 0.4) is 0 Å². The van der Waals surface area contributed by atoms with Crippen LogP contribution in [-0.2, 0) is 6.54 Å². The van der Waals surface area contributed by atoms with E-state index in [1.807, 2.05) is 30.5 Å². The molecule has 0 aliphatic rings. The van der Waals surface area contributed by atoms with Crippen molar-refractivity contribution in [2.75, 3.05) is 0 Å². The van der Waals surface area contributed by atoms with Crippen molar-refractivity contribution in [3.05, 3.63) is 57.8 Å². The van der Waals surface area contributed by atoms with E-state index in [9.17, 15) is 0 Å². The summed E-state index contributed by atoms with van der Waals surface area (Å²) >= 11 is 12.0. The van der Waals surface area contributed by atoms with Gasteiger partial charge in [0.05, 0.1) is 0 Å². The zero-order valence-electron chi connectivity index (χ0n) is 9.50. The molecule has 0 saturated heterocycles. The molecule has 1 aromatic carbocycles. The fourth-order valence-corrected chi connectivity index (χ4v) is 2.28. The van der Waals surface area contributed by atoms with Gasteiger partial charge in [0.1, 0.15) is 0 Å². The maximum Gasteiger partial charge on any atom is 0.0468 e. The van der Waals surface area contributed by atoms with Crippen LogP contribution in [0, 0.1) is 0 Å². The Balaban J connectivity index is 2.01. The Kier molecular flexibility index (Phi) is 4.11. The van der Waals surface area contributed by atoms with E-state index in [0.717, 1.165) is 17.8 Å². The minimum atomic E-state index is 0.183. The lowest BCUT2D eigenvalue weighted by Crippen LogP contribution is -2.18. The number of rotatable bonds is 4. The molecule has 0 bridgehead atoms. The van der Waals surface area contributed by atoms with Gasteiger partial charge in [0.2, 0.25) is 0 Å². The van der Waals surface area contributed by atoms with E-state index >= 15 is 0 Å². The molecule has 1 aromatic heterocycles. The fourth-order valence-electron chi connectivity index (χ4n) is 1.70. The third-order valence-corrected chi connectivity index (χ3v) is 3.25. The third-order valence-electron chi connectivity index (χ3n) is 2.69. The molecule has 0 amide bonds. The van der Waals surface area contributed by atoms with Crippen molar-refractivity contribution in [3.8, 4) is 0 Å². The van der Waals surface area contributed by atoms with E-state index in [1.165, 1.54) is 0 Å². The lowest BCUT2D eigenvalue weighted by molar-refractivity contribution is 0.569. The van der Waals surface area contributed by atoms with E-state index in [0.29, 0.717) is 10.0 Å². The summed E-state index contributed by atoms with van der Waals surface area (Å²) in [6.07, 6.45) is 1.91. The number of halogens is 2. The Morgan fingerprint density at radius 2 is 2.12 bits per heavy atom. The van der Waals surface area contributed by atoms with E-state index < -0.39 is 0 Å². The first-order chi connectivity index (χ1) is 8.16. The highest BCUT2D eigenvalue weighted by Gasteiger charge is 2.09. The summed E-state index contributed by atoms with van der Waals surface area (Å²) in [7, 11) is 0. The average Bonchev–Trinajstić information content (AvgIpc) is 2.78. The van der Waals surface area contributed by atoms with Gasteiger partial charge in [-0.05, 0) is 36.8 Å². The third kappa shape index (κ3) is 3.25. The van der Waals surface area contributed by atoms with Gasteiger partial charge < -0.3 is 10.3 Å². The quantitative estimate of drug-likeness (QED) is 0.856. The highest BCUT2D eigenvalue weighted by Crippen LogP contribution is 2.26. The van der Waals surface area contributed by atoms with Gasteiger partial charge in [0, 0.05) is 34.5 Å². The lowest BCUT2D eigenvalue weighted by Gasteiger charge is -2.15. The van der Waals surface area contributed by atoms with Crippen LogP contribution in [0.5, 0.6) is 0 Å². The molecule has 2 N–H and O–H groups in total. The molecular formula is C13H14Cl2N2. The summed E-state index contributed by atoms with van der Waals surface area (Å²) in [4.78, 5) is 3.15. The van der Waals surface area contributed by atoms with Gasteiger partial charge in [-0.25, -0.2) is 0 Å². The molecule has 17 heavy (non-hydrogen) atoms. The molecule has 2 rings (SSSR count). The van der Waals surface area contributed by atoms with E-state index in [2.05, 4.69) is 17.2 Å². The summed E-state index contributed by atoms with van der Waals surface area (Å²) in [5.74, 6) is 0. The molecular weight excluding hydrogens is 255 g/mol. The Morgan fingerprint density at radius 1 is 1.29 bits per heavy atom. The van der Waals surface area contributed by atoms with E-state index in [4.69, 9.17) is 23.2 Å². The van der Waals surface area contributed by atoms with Gasteiger partial charge in [-0.1, -0.05) is 29.3 Å². The largest absolute Gasteiger partial charge is 0.364 e. The Bertz CT molecular complexity index is 480. The Hall–Kier alpha value is -0.960. The van der Waals surface area contributed by atoms with Crippen LogP contribution in [0.15, 0.2) is 36.5 Å². The molecule has 0 fully saturated rings. The van der Waals surface area contributed by atoms with Gasteiger partial charge in [0.25, 0.3) is 0 Å². The highest BCUT2D eigenvalue weighted by atomic mass is 35.5. The lowest BCUT2D eigenvalue weighted by atomic mass is 10.1. The number of aromatic nitrogens is 1. The maximum absolute atomic E-state index is 6.15. The molecule has 0 spiro atoms. The first-order valence-electron chi connectivity index (χ1n) is 5.47. The molecule has 90 valence electrons. The highest BCUT2D eigenvalue weighted by molar-refractivity contribution is 6.35. The number of nitrogens with one attached hydrogen (secondary N) is 2. The summed E-state index contributed by atoms with van der Waals surface area (Å²) < 4.78 is 0. The molecule has 0 saturated carbocycles. The average molecular weight is 269 g/mol. The van der Waals surface area contributed by atoms with Crippen molar-refractivity contribution in [1.29, 1.82) is 0 Å². The minimum absolute atomic E-state index is 0.183. The first-order valence-corrected chi connectivity index (χ1v) is 6.23.